The van der Waals surface area contributed by atoms with Crippen LogP contribution in [0.15, 0.2) is 30.5 Å². The van der Waals surface area contributed by atoms with Crippen molar-refractivity contribution < 1.29 is 23.1 Å². The second kappa shape index (κ2) is 6.96. The van der Waals surface area contributed by atoms with Crippen LogP contribution in [0.2, 0.25) is 0 Å². The van der Waals surface area contributed by atoms with Crippen molar-refractivity contribution in [2.75, 3.05) is 6.54 Å². The SMILES string of the molecule is Cc1cc(C(F)(F)F)cc(O)c1-c1ccc2cn(CC3CC(=O)N(C4CC4)C3)nc2n1. The summed E-state index contributed by atoms with van der Waals surface area (Å²) in [5.41, 5.74) is 0.439. The van der Waals surface area contributed by atoms with Crippen molar-refractivity contribution in [3.63, 3.8) is 0 Å². The highest BCUT2D eigenvalue weighted by Crippen LogP contribution is 2.39. The van der Waals surface area contributed by atoms with E-state index in [0.717, 1.165) is 36.9 Å². The van der Waals surface area contributed by atoms with E-state index in [0.29, 0.717) is 30.3 Å². The number of pyridine rings is 1. The topological polar surface area (TPSA) is 71.2 Å². The van der Waals surface area contributed by atoms with Crippen molar-refractivity contribution in [2.24, 2.45) is 5.92 Å². The number of amides is 1. The Morgan fingerprint density at radius 1 is 1.23 bits per heavy atom. The van der Waals surface area contributed by atoms with Crippen LogP contribution in [0.25, 0.3) is 22.3 Å². The van der Waals surface area contributed by atoms with Crippen LogP contribution in [0, 0.1) is 12.8 Å². The fourth-order valence-electron chi connectivity index (χ4n) is 4.38. The molecule has 1 unspecified atom stereocenters. The third kappa shape index (κ3) is 3.73. The molecule has 1 aromatic carbocycles. The average molecular weight is 430 g/mol. The molecule has 1 aliphatic heterocycles. The predicted molar refractivity (Wildman–Crippen MR) is 107 cm³/mol. The summed E-state index contributed by atoms with van der Waals surface area (Å²) in [6.45, 7) is 2.86. The lowest BCUT2D eigenvalue weighted by molar-refractivity contribution is -0.137. The lowest BCUT2D eigenvalue weighted by Gasteiger charge is -2.15. The van der Waals surface area contributed by atoms with Gasteiger partial charge in [0.05, 0.1) is 11.3 Å². The van der Waals surface area contributed by atoms with Crippen molar-refractivity contribution in [1.82, 2.24) is 19.7 Å². The molecule has 0 bridgehead atoms. The van der Waals surface area contributed by atoms with E-state index in [1.807, 2.05) is 11.1 Å². The Morgan fingerprint density at radius 2 is 2.00 bits per heavy atom. The van der Waals surface area contributed by atoms with Crippen LogP contribution in [0.4, 0.5) is 13.2 Å². The number of rotatable bonds is 4. The quantitative estimate of drug-likeness (QED) is 0.675. The Labute approximate surface area is 176 Å². The monoisotopic (exact) mass is 430 g/mol. The molecule has 31 heavy (non-hydrogen) atoms. The molecule has 1 N–H and O–H groups in total. The lowest BCUT2D eigenvalue weighted by atomic mass is 10.00. The molecule has 2 aliphatic rings. The molecule has 1 saturated carbocycles. The molecule has 6 nitrogen and oxygen atoms in total. The van der Waals surface area contributed by atoms with Gasteiger partial charge >= 0.3 is 6.18 Å². The molecular formula is C22H21F3N4O2. The zero-order valence-corrected chi connectivity index (χ0v) is 16.9. The van der Waals surface area contributed by atoms with Crippen LogP contribution in [0.3, 0.4) is 0 Å². The largest absolute Gasteiger partial charge is 0.507 e. The van der Waals surface area contributed by atoms with E-state index in [-0.39, 0.29) is 23.0 Å². The van der Waals surface area contributed by atoms with Crippen LogP contribution in [-0.2, 0) is 17.5 Å². The summed E-state index contributed by atoms with van der Waals surface area (Å²) in [4.78, 5) is 18.6. The van der Waals surface area contributed by atoms with E-state index >= 15 is 0 Å². The van der Waals surface area contributed by atoms with Crippen molar-refractivity contribution in [3.05, 3.63) is 41.6 Å². The van der Waals surface area contributed by atoms with Crippen molar-refractivity contribution in [1.29, 1.82) is 0 Å². The van der Waals surface area contributed by atoms with Crippen LogP contribution in [0.1, 0.15) is 30.4 Å². The summed E-state index contributed by atoms with van der Waals surface area (Å²) in [6.07, 6.45) is 0.0214. The number of phenolic OH excluding ortho intramolecular Hbond substituents is 1. The van der Waals surface area contributed by atoms with Gasteiger partial charge in [0.15, 0.2) is 5.65 Å². The number of halogens is 3. The first-order valence-electron chi connectivity index (χ1n) is 10.2. The van der Waals surface area contributed by atoms with E-state index in [9.17, 15) is 23.1 Å². The van der Waals surface area contributed by atoms with Crippen LogP contribution >= 0.6 is 0 Å². The normalized spacial score (nSPS) is 19.5. The van der Waals surface area contributed by atoms with E-state index in [1.54, 1.807) is 16.8 Å². The summed E-state index contributed by atoms with van der Waals surface area (Å²) >= 11 is 0. The molecule has 1 saturated heterocycles. The zero-order valence-electron chi connectivity index (χ0n) is 16.9. The molecule has 0 spiro atoms. The van der Waals surface area contributed by atoms with E-state index in [4.69, 9.17) is 0 Å². The fraction of sp³-hybridized carbons (Fsp3) is 0.409. The first-order valence-corrected chi connectivity index (χ1v) is 10.2. The van der Waals surface area contributed by atoms with Crippen molar-refractivity contribution in [3.8, 4) is 17.0 Å². The number of aromatic nitrogens is 3. The molecular weight excluding hydrogens is 409 g/mol. The Kier molecular flexibility index (Phi) is 4.46. The molecule has 3 heterocycles. The standard InChI is InChI=1S/C22H21F3N4O2/c1-12-6-15(22(23,24)25)8-18(30)20(12)17-5-2-14-11-28(27-21(14)26-17)9-13-7-19(31)29(10-13)16-3-4-16/h2,5-6,8,11,13,16,30H,3-4,7,9-10H2,1H3. The minimum Gasteiger partial charge on any atom is -0.507 e. The van der Waals surface area contributed by atoms with Gasteiger partial charge in [0.25, 0.3) is 0 Å². The smallest absolute Gasteiger partial charge is 0.416 e. The van der Waals surface area contributed by atoms with Crippen molar-refractivity contribution >= 4 is 16.9 Å². The third-order valence-corrected chi connectivity index (χ3v) is 5.99. The summed E-state index contributed by atoms with van der Waals surface area (Å²) in [5.74, 6) is -0.0656. The number of benzene rings is 1. The van der Waals surface area contributed by atoms with E-state index in [2.05, 4.69) is 10.1 Å². The van der Waals surface area contributed by atoms with Gasteiger partial charge in [0, 0.05) is 48.6 Å². The minimum atomic E-state index is -4.53. The number of carbonyl (C=O) groups is 1. The highest BCUT2D eigenvalue weighted by Gasteiger charge is 2.39. The molecule has 9 heteroatoms. The van der Waals surface area contributed by atoms with Gasteiger partial charge in [-0.15, -0.1) is 0 Å². The zero-order chi connectivity index (χ0) is 21.9. The third-order valence-electron chi connectivity index (χ3n) is 5.99. The molecule has 1 amide bonds. The molecule has 1 atom stereocenters. The Balaban J connectivity index is 1.41. The van der Waals surface area contributed by atoms with Gasteiger partial charge in [-0.2, -0.15) is 18.3 Å². The molecule has 0 radical (unpaired) electrons. The first kappa shape index (κ1) is 19.8. The van der Waals surface area contributed by atoms with Gasteiger partial charge in [-0.25, -0.2) is 4.98 Å². The Morgan fingerprint density at radius 3 is 2.68 bits per heavy atom. The van der Waals surface area contributed by atoms with Gasteiger partial charge in [-0.1, -0.05) is 0 Å². The lowest BCUT2D eigenvalue weighted by Crippen LogP contribution is -2.27. The average Bonchev–Trinajstić information content (AvgIpc) is 3.34. The second-order valence-electron chi connectivity index (χ2n) is 8.49. The molecule has 5 rings (SSSR count). The number of hydrogen-bond acceptors (Lipinski definition) is 4. The van der Waals surface area contributed by atoms with Gasteiger partial charge in [0.2, 0.25) is 5.91 Å². The van der Waals surface area contributed by atoms with Gasteiger partial charge in [-0.05, 0) is 49.6 Å². The number of fused-ring (bicyclic) bond motifs is 1. The van der Waals surface area contributed by atoms with Crippen molar-refractivity contribution in [2.45, 2.75) is 44.9 Å². The molecule has 2 fully saturated rings. The fourth-order valence-corrected chi connectivity index (χ4v) is 4.38. The molecule has 2 aromatic heterocycles. The van der Waals surface area contributed by atoms with Crippen LogP contribution in [0.5, 0.6) is 5.75 Å². The Bertz CT molecular complexity index is 1160. The van der Waals surface area contributed by atoms with E-state index < -0.39 is 17.5 Å². The number of phenols is 1. The maximum atomic E-state index is 13.0. The van der Waals surface area contributed by atoms with Gasteiger partial charge in [-0.3, -0.25) is 9.48 Å². The second-order valence-corrected chi connectivity index (χ2v) is 8.49. The first-order chi connectivity index (χ1) is 14.7. The number of likely N-dealkylation sites (tertiary alicyclic amines) is 1. The summed E-state index contributed by atoms with van der Waals surface area (Å²) in [6, 6.07) is 5.58. The van der Waals surface area contributed by atoms with Gasteiger partial charge < -0.3 is 10.0 Å². The summed E-state index contributed by atoms with van der Waals surface area (Å²) in [7, 11) is 0. The molecule has 1 aliphatic carbocycles. The number of aromatic hydroxyl groups is 1. The predicted octanol–water partition coefficient (Wildman–Crippen LogP) is 4.14. The number of carbonyl (C=O) groups excluding carboxylic acids is 1. The van der Waals surface area contributed by atoms with Crippen LogP contribution in [-0.4, -0.2) is 43.3 Å². The molecule has 3 aromatic rings. The maximum absolute atomic E-state index is 13.0. The van der Waals surface area contributed by atoms with E-state index in [1.165, 1.54) is 6.92 Å². The van der Waals surface area contributed by atoms with Crippen LogP contribution < -0.4 is 0 Å². The summed E-state index contributed by atoms with van der Waals surface area (Å²) < 4.78 is 40.8. The maximum Gasteiger partial charge on any atom is 0.416 e. The molecule has 162 valence electrons. The number of hydrogen-bond donors (Lipinski definition) is 1. The highest BCUT2D eigenvalue weighted by atomic mass is 19.4. The van der Waals surface area contributed by atoms with Gasteiger partial charge in [0.1, 0.15) is 5.75 Å². The summed E-state index contributed by atoms with van der Waals surface area (Å²) in [5, 5.41) is 15.5. The number of aryl methyl sites for hydroxylation is 1. The Hall–Kier alpha value is -3.10. The number of alkyl halides is 3. The highest BCUT2D eigenvalue weighted by molar-refractivity contribution is 5.81. The number of nitrogens with zero attached hydrogens (tertiary/aromatic N) is 4. The minimum absolute atomic E-state index is 0.197.